The minimum absolute atomic E-state index is 0.0830. The SMILES string of the molecule is COc1cccc(Cn2cccc2CN(Cc2ccccc2)C(=O)Nc2cccc(C(F)(F)F)c2)c1. The highest BCUT2D eigenvalue weighted by atomic mass is 19.4. The van der Waals surface area contributed by atoms with E-state index in [1.54, 1.807) is 12.0 Å². The zero-order chi connectivity index (χ0) is 25.5. The lowest BCUT2D eigenvalue weighted by Crippen LogP contribution is -2.34. The number of halogens is 3. The number of anilines is 1. The predicted molar refractivity (Wildman–Crippen MR) is 133 cm³/mol. The van der Waals surface area contributed by atoms with Gasteiger partial charge >= 0.3 is 12.2 Å². The molecule has 0 saturated heterocycles. The average Bonchev–Trinajstić information content (AvgIpc) is 3.30. The molecule has 0 saturated carbocycles. The first-order valence-corrected chi connectivity index (χ1v) is 11.4. The van der Waals surface area contributed by atoms with E-state index in [-0.39, 0.29) is 18.8 Å². The Labute approximate surface area is 207 Å². The van der Waals surface area contributed by atoms with Crippen LogP contribution in [0.15, 0.2) is 97.2 Å². The molecule has 0 bridgehead atoms. The van der Waals surface area contributed by atoms with E-state index in [0.29, 0.717) is 6.54 Å². The standard InChI is InChI=1S/C28H26F3N3O2/c1-36-26-14-5-10-22(16-26)19-33-15-7-13-25(33)20-34(18-21-8-3-2-4-9-21)27(35)32-24-12-6-11-23(17-24)28(29,30)31/h2-17H,18-20H2,1H3,(H,32,35). The summed E-state index contributed by atoms with van der Waals surface area (Å²) in [6, 6.07) is 25.2. The number of hydrogen-bond donors (Lipinski definition) is 1. The van der Waals surface area contributed by atoms with Crippen molar-refractivity contribution < 1.29 is 22.7 Å². The number of carbonyl (C=O) groups excluding carboxylic acids is 1. The molecular weight excluding hydrogens is 467 g/mol. The fraction of sp³-hybridized carbons (Fsp3) is 0.179. The van der Waals surface area contributed by atoms with Crippen LogP contribution in [0.4, 0.5) is 23.7 Å². The molecule has 4 aromatic rings. The number of rotatable bonds is 8. The summed E-state index contributed by atoms with van der Waals surface area (Å²) in [6.07, 6.45) is -2.56. The molecule has 1 N–H and O–H groups in total. The van der Waals surface area contributed by atoms with Gasteiger partial charge in [0.1, 0.15) is 5.75 Å². The second kappa shape index (κ2) is 11.0. The van der Waals surface area contributed by atoms with Crippen LogP contribution in [0.5, 0.6) is 5.75 Å². The summed E-state index contributed by atoms with van der Waals surface area (Å²) < 4.78 is 46.8. The molecule has 0 unspecified atom stereocenters. The van der Waals surface area contributed by atoms with Crippen molar-refractivity contribution in [1.29, 1.82) is 0 Å². The molecule has 4 rings (SSSR count). The molecule has 186 valence electrons. The van der Waals surface area contributed by atoms with Crippen LogP contribution >= 0.6 is 0 Å². The molecule has 0 aliphatic rings. The molecule has 0 aliphatic heterocycles. The summed E-state index contributed by atoms with van der Waals surface area (Å²) in [5.41, 5.74) is 2.09. The Kier molecular flexibility index (Phi) is 7.63. The van der Waals surface area contributed by atoms with Crippen LogP contribution in [-0.4, -0.2) is 22.6 Å². The Morgan fingerprint density at radius 2 is 1.64 bits per heavy atom. The fourth-order valence-electron chi connectivity index (χ4n) is 3.89. The summed E-state index contributed by atoms with van der Waals surface area (Å²) in [5, 5.41) is 2.63. The molecule has 2 amide bonds. The van der Waals surface area contributed by atoms with Crippen LogP contribution in [-0.2, 0) is 25.8 Å². The van der Waals surface area contributed by atoms with E-state index in [2.05, 4.69) is 5.32 Å². The number of amides is 2. The maximum absolute atomic E-state index is 13.3. The van der Waals surface area contributed by atoms with Gasteiger partial charge in [-0.05, 0) is 53.6 Å². The summed E-state index contributed by atoms with van der Waals surface area (Å²) in [4.78, 5) is 14.8. The molecule has 0 fully saturated rings. The maximum Gasteiger partial charge on any atom is 0.416 e. The Balaban J connectivity index is 1.56. The molecule has 0 atom stereocenters. The van der Waals surface area contributed by atoms with Crippen LogP contribution in [0.2, 0.25) is 0 Å². The number of alkyl halides is 3. The molecule has 0 radical (unpaired) electrons. The van der Waals surface area contributed by atoms with Gasteiger partial charge in [-0.2, -0.15) is 13.2 Å². The first-order chi connectivity index (χ1) is 17.3. The third kappa shape index (κ3) is 6.47. The number of urea groups is 1. The smallest absolute Gasteiger partial charge is 0.416 e. The van der Waals surface area contributed by atoms with Gasteiger partial charge in [0.25, 0.3) is 0 Å². The van der Waals surface area contributed by atoms with Gasteiger partial charge in [-0.1, -0.05) is 48.5 Å². The maximum atomic E-state index is 13.3. The average molecular weight is 494 g/mol. The molecule has 0 aliphatic carbocycles. The highest BCUT2D eigenvalue weighted by molar-refractivity contribution is 5.89. The molecule has 1 aromatic heterocycles. The number of hydrogen-bond acceptors (Lipinski definition) is 2. The van der Waals surface area contributed by atoms with E-state index in [1.165, 1.54) is 12.1 Å². The highest BCUT2D eigenvalue weighted by Crippen LogP contribution is 2.30. The van der Waals surface area contributed by atoms with Gasteiger partial charge in [0, 0.05) is 30.7 Å². The van der Waals surface area contributed by atoms with Crippen molar-refractivity contribution in [2.75, 3.05) is 12.4 Å². The minimum Gasteiger partial charge on any atom is -0.497 e. The molecule has 8 heteroatoms. The number of methoxy groups -OCH3 is 1. The third-order valence-electron chi connectivity index (χ3n) is 5.71. The monoisotopic (exact) mass is 493 g/mol. The molecule has 0 spiro atoms. The molecule has 1 heterocycles. The van der Waals surface area contributed by atoms with Crippen LogP contribution in [0, 0.1) is 0 Å². The van der Waals surface area contributed by atoms with Crippen molar-refractivity contribution in [3.63, 3.8) is 0 Å². The number of nitrogens with one attached hydrogen (secondary N) is 1. The van der Waals surface area contributed by atoms with Gasteiger partial charge < -0.3 is 19.5 Å². The van der Waals surface area contributed by atoms with Gasteiger partial charge in [-0.3, -0.25) is 0 Å². The second-order valence-corrected chi connectivity index (χ2v) is 8.33. The zero-order valence-electron chi connectivity index (χ0n) is 19.7. The lowest BCUT2D eigenvalue weighted by molar-refractivity contribution is -0.137. The van der Waals surface area contributed by atoms with E-state index in [1.807, 2.05) is 77.5 Å². The van der Waals surface area contributed by atoms with Crippen LogP contribution in [0.25, 0.3) is 0 Å². The van der Waals surface area contributed by atoms with Crippen molar-refractivity contribution in [3.05, 3.63) is 120 Å². The van der Waals surface area contributed by atoms with E-state index in [4.69, 9.17) is 4.74 Å². The van der Waals surface area contributed by atoms with Crippen molar-refractivity contribution in [3.8, 4) is 5.75 Å². The number of carbonyl (C=O) groups is 1. The lowest BCUT2D eigenvalue weighted by Gasteiger charge is -2.24. The Bertz CT molecular complexity index is 1300. The van der Waals surface area contributed by atoms with Gasteiger partial charge in [0.2, 0.25) is 0 Å². The van der Waals surface area contributed by atoms with Gasteiger partial charge in [0.05, 0.1) is 19.2 Å². The van der Waals surface area contributed by atoms with Crippen LogP contribution in [0.1, 0.15) is 22.4 Å². The summed E-state index contributed by atoms with van der Waals surface area (Å²) in [6.45, 7) is 1.13. The van der Waals surface area contributed by atoms with Gasteiger partial charge in [0.15, 0.2) is 0 Å². The molecule has 3 aromatic carbocycles. The van der Waals surface area contributed by atoms with Crippen molar-refractivity contribution in [2.24, 2.45) is 0 Å². The summed E-state index contributed by atoms with van der Waals surface area (Å²) >= 11 is 0. The first kappa shape index (κ1) is 24.9. The van der Waals surface area contributed by atoms with E-state index < -0.39 is 17.8 Å². The van der Waals surface area contributed by atoms with Gasteiger partial charge in [-0.15, -0.1) is 0 Å². The first-order valence-electron chi connectivity index (χ1n) is 11.4. The molecule has 5 nitrogen and oxygen atoms in total. The molecular formula is C28H26F3N3O2. The van der Waals surface area contributed by atoms with E-state index >= 15 is 0 Å². The number of aromatic nitrogens is 1. The van der Waals surface area contributed by atoms with E-state index in [9.17, 15) is 18.0 Å². The third-order valence-corrected chi connectivity index (χ3v) is 5.71. The Morgan fingerprint density at radius 1 is 0.889 bits per heavy atom. The second-order valence-electron chi connectivity index (χ2n) is 8.33. The van der Waals surface area contributed by atoms with Crippen LogP contribution in [0.3, 0.4) is 0 Å². The van der Waals surface area contributed by atoms with E-state index in [0.717, 1.165) is 34.7 Å². The Morgan fingerprint density at radius 3 is 2.39 bits per heavy atom. The van der Waals surface area contributed by atoms with Crippen molar-refractivity contribution in [1.82, 2.24) is 9.47 Å². The topological polar surface area (TPSA) is 46.5 Å². The van der Waals surface area contributed by atoms with Crippen molar-refractivity contribution in [2.45, 2.75) is 25.8 Å². The lowest BCUT2D eigenvalue weighted by atomic mass is 10.2. The largest absolute Gasteiger partial charge is 0.497 e. The number of nitrogens with zero attached hydrogens (tertiary/aromatic N) is 2. The zero-order valence-corrected chi connectivity index (χ0v) is 19.7. The van der Waals surface area contributed by atoms with Crippen LogP contribution < -0.4 is 10.1 Å². The normalized spacial score (nSPS) is 11.2. The highest BCUT2D eigenvalue weighted by Gasteiger charge is 2.30. The van der Waals surface area contributed by atoms with Gasteiger partial charge in [-0.25, -0.2) is 4.79 Å². The minimum atomic E-state index is -4.49. The summed E-state index contributed by atoms with van der Waals surface area (Å²) in [7, 11) is 1.62. The fourth-order valence-corrected chi connectivity index (χ4v) is 3.89. The number of ether oxygens (including phenoxy) is 1. The quantitative estimate of drug-likeness (QED) is 0.294. The van der Waals surface area contributed by atoms with Crippen molar-refractivity contribution >= 4 is 11.7 Å². The molecule has 36 heavy (non-hydrogen) atoms. The number of benzene rings is 3. The Hall–Kier alpha value is -4.20. The summed E-state index contributed by atoms with van der Waals surface area (Å²) in [5.74, 6) is 0.757. The predicted octanol–water partition coefficient (Wildman–Crippen LogP) is 6.80.